The molecule has 0 radical (unpaired) electrons. The van der Waals surface area contributed by atoms with Gasteiger partial charge in [-0.3, -0.25) is 0 Å². The SMILES string of the molecule is CC1(C)O[C@H]2[C@@H](O1)[C@@](C)(O)O[C@@H]2CO[Si](c1ccccc1)(c1ccccc1)C(C)(C)C. The number of fused-ring (bicyclic) bond motifs is 1. The first kappa shape index (κ1) is 22.6. The highest BCUT2D eigenvalue weighted by Crippen LogP contribution is 2.44. The Morgan fingerprint density at radius 3 is 1.87 bits per heavy atom. The molecule has 0 bridgehead atoms. The van der Waals surface area contributed by atoms with E-state index in [1.165, 1.54) is 10.4 Å². The molecule has 0 saturated carbocycles. The zero-order valence-electron chi connectivity index (χ0n) is 19.3. The quantitative estimate of drug-likeness (QED) is 0.721. The second-order valence-electron chi connectivity index (χ2n) is 10.2. The molecule has 2 aromatic rings. The van der Waals surface area contributed by atoms with Gasteiger partial charge in [0, 0.05) is 0 Å². The summed E-state index contributed by atoms with van der Waals surface area (Å²) in [6.07, 6.45) is -1.36. The predicted molar refractivity (Wildman–Crippen MR) is 123 cm³/mol. The molecule has 2 fully saturated rings. The molecule has 2 heterocycles. The van der Waals surface area contributed by atoms with E-state index in [0.29, 0.717) is 6.61 Å². The molecule has 0 unspecified atom stereocenters. The summed E-state index contributed by atoms with van der Waals surface area (Å²) >= 11 is 0. The topological polar surface area (TPSA) is 57.2 Å². The Morgan fingerprint density at radius 2 is 1.39 bits per heavy atom. The minimum absolute atomic E-state index is 0.136. The third kappa shape index (κ3) is 4.01. The minimum Gasteiger partial charge on any atom is -0.405 e. The molecule has 2 saturated heterocycles. The van der Waals surface area contributed by atoms with Crippen molar-refractivity contribution in [3.8, 4) is 0 Å². The van der Waals surface area contributed by atoms with E-state index < -0.39 is 32.1 Å². The summed E-state index contributed by atoms with van der Waals surface area (Å²) in [7, 11) is -2.70. The molecule has 0 aliphatic carbocycles. The summed E-state index contributed by atoms with van der Waals surface area (Å²) in [5.41, 5.74) is 0. The average molecular weight is 443 g/mol. The Balaban J connectivity index is 1.71. The van der Waals surface area contributed by atoms with Gasteiger partial charge in [-0.25, -0.2) is 0 Å². The van der Waals surface area contributed by atoms with Crippen LogP contribution in [-0.2, 0) is 18.6 Å². The van der Waals surface area contributed by atoms with Gasteiger partial charge in [-0.2, -0.15) is 0 Å². The number of benzene rings is 2. The Bertz CT molecular complexity index is 852. The van der Waals surface area contributed by atoms with Crippen molar-refractivity contribution < 1.29 is 23.7 Å². The van der Waals surface area contributed by atoms with Crippen LogP contribution in [0.2, 0.25) is 5.04 Å². The Hall–Kier alpha value is -1.54. The van der Waals surface area contributed by atoms with Crippen molar-refractivity contribution >= 4 is 18.7 Å². The van der Waals surface area contributed by atoms with Gasteiger partial charge in [0.2, 0.25) is 0 Å². The first-order valence-corrected chi connectivity index (χ1v) is 12.9. The molecule has 1 N–H and O–H groups in total. The molecule has 2 aliphatic rings. The second kappa shape index (κ2) is 7.80. The fourth-order valence-electron chi connectivity index (χ4n) is 5.01. The lowest BCUT2D eigenvalue weighted by atomic mass is 10.1. The number of aliphatic hydroxyl groups is 1. The van der Waals surface area contributed by atoms with E-state index in [0.717, 1.165) is 0 Å². The Morgan fingerprint density at radius 1 is 0.871 bits per heavy atom. The number of rotatable bonds is 5. The van der Waals surface area contributed by atoms with Crippen LogP contribution in [0, 0.1) is 0 Å². The van der Waals surface area contributed by atoms with Crippen LogP contribution in [0.3, 0.4) is 0 Å². The highest BCUT2D eigenvalue weighted by molar-refractivity contribution is 6.99. The van der Waals surface area contributed by atoms with Crippen LogP contribution in [0.15, 0.2) is 60.7 Å². The molecule has 2 aliphatic heterocycles. The van der Waals surface area contributed by atoms with E-state index in [9.17, 15) is 5.11 Å². The first-order valence-electron chi connectivity index (χ1n) is 11.0. The summed E-state index contributed by atoms with van der Waals surface area (Å²) in [5.74, 6) is -2.18. The summed E-state index contributed by atoms with van der Waals surface area (Å²) < 4.78 is 25.0. The smallest absolute Gasteiger partial charge is 0.261 e. The largest absolute Gasteiger partial charge is 0.405 e. The summed E-state index contributed by atoms with van der Waals surface area (Å²) in [6.45, 7) is 12.4. The van der Waals surface area contributed by atoms with Crippen LogP contribution < -0.4 is 10.4 Å². The molecule has 4 atom stereocenters. The van der Waals surface area contributed by atoms with Crippen molar-refractivity contribution in [1.82, 2.24) is 0 Å². The molecule has 4 rings (SSSR count). The van der Waals surface area contributed by atoms with Crippen molar-refractivity contribution in [3.63, 3.8) is 0 Å². The van der Waals surface area contributed by atoms with Crippen LogP contribution >= 0.6 is 0 Å². The van der Waals surface area contributed by atoms with Gasteiger partial charge in [-0.05, 0) is 36.2 Å². The maximum atomic E-state index is 10.8. The van der Waals surface area contributed by atoms with E-state index in [2.05, 4.69) is 69.3 Å². The fourth-order valence-corrected chi connectivity index (χ4v) is 9.58. The van der Waals surface area contributed by atoms with E-state index in [1.54, 1.807) is 6.92 Å². The van der Waals surface area contributed by atoms with E-state index in [1.807, 2.05) is 26.0 Å². The molecule has 0 amide bonds. The first-order chi connectivity index (χ1) is 14.5. The third-order valence-corrected chi connectivity index (χ3v) is 11.3. The third-order valence-electron chi connectivity index (χ3n) is 6.29. The highest BCUT2D eigenvalue weighted by atomic mass is 28.4. The van der Waals surface area contributed by atoms with Gasteiger partial charge in [0.05, 0.1) is 6.61 Å². The average Bonchev–Trinajstić information content (AvgIpc) is 3.15. The summed E-state index contributed by atoms with van der Waals surface area (Å²) in [6, 6.07) is 21.0. The van der Waals surface area contributed by atoms with Crippen molar-refractivity contribution in [3.05, 3.63) is 60.7 Å². The molecule has 6 heteroatoms. The van der Waals surface area contributed by atoms with Gasteiger partial charge >= 0.3 is 0 Å². The van der Waals surface area contributed by atoms with Crippen LogP contribution in [0.5, 0.6) is 0 Å². The summed E-state index contributed by atoms with van der Waals surface area (Å²) in [5, 5.41) is 13.1. The van der Waals surface area contributed by atoms with Crippen molar-refractivity contribution in [1.29, 1.82) is 0 Å². The van der Waals surface area contributed by atoms with Crippen LogP contribution in [0.4, 0.5) is 0 Å². The van der Waals surface area contributed by atoms with Crippen molar-refractivity contribution in [2.75, 3.05) is 6.61 Å². The zero-order valence-corrected chi connectivity index (χ0v) is 20.3. The van der Waals surface area contributed by atoms with Crippen molar-refractivity contribution in [2.45, 2.75) is 76.5 Å². The molecule has 0 aromatic heterocycles. The highest BCUT2D eigenvalue weighted by Gasteiger charge is 2.61. The van der Waals surface area contributed by atoms with Crippen LogP contribution in [0.1, 0.15) is 41.5 Å². The number of hydrogen-bond acceptors (Lipinski definition) is 5. The summed E-state index contributed by atoms with van der Waals surface area (Å²) in [4.78, 5) is 0. The van der Waals surface area contributed by atoms with Crippen LogP contribution in [-0.4, -0.2) is 49.9 Å². The molecular formula is C25H34O5Si. The fraction of sp³-hybridized carbons (Fsp3) is 0.520. The monoisotopic (exact) mass is 442 g/mol. The van der Waals surface area contributed by atoms with Gasteiger partial charge in [0.1, 0.15) is 18.3 Å². The molecule has 31 heavy (non-hydrogen) atoms. The van der Waals surface area contributed by atoms with Crippen LogP contribution in [0.25, 0.3) is 0 Å². The standard InChI is InChI=1S/C25H34O5Si/c1-23(2,3)31(18-13-9-7-10-14-18,19-15-11-8-12-16-19)27-17-20-21-22(25(6,26)28-20)30-24(4,5)29-21/h7-16,20-22,26H,17H2,1-6H3/t20-,21-,22-,25+/m1/s1. The second-order valence-corrected chi connectivity index (χ2v) is 14.5. The lowest BCUT2D eigenvalue weighted by Gasteiger charge is -2.43. The number of hydrogen-bond donors (Lipinski definition) is 1. The normalized spacial score (nSPS) is 30.4. The number of ether oxygens (including phenoxy) is 3. The van der Waals surface area contributed by atoms with Crippen molar-refractivity contribution in [2.24, 2.45) is 0 Å². The molecule has 168 valence electrons. The molecule has 0 spiro atoms. The Kier molecular flexibility index (Phi) is 5.69. The van der Waals surface area contributed by atoms with Gasteiger partial charge in [0.25, 0.3) is 8.32 Å². The van der Waals surface area contributed by atoms with Gasteiger partial charge in [-0.1, -0.05) is 81.4 Å². The van der Waals surface area contributed by atoms with E-state index >= 15 is 0 Å². The molecule has 2 aromatic carbocycles. The molecule has 5 nitrogen and oxygen atoms in total. The lowest BCUT2D eigenvalue weighted by molar-refractivity contribution is -0.267. The van der Waals surface area contributed by atoms with E-state index in [-0.39, 0.29) is 11.1 Å². The van der Waals surface area contributed by atoms with Gasteiger partial charge in [0.15, 0.2) is 11.6 Å². The maximum absolute atomic E-state index is 10.8. The van der Waals surface area contributed by atoms with Gasteiger partial charge < -0.3 is 23.7 Å². The van der Waals surface area contributed by atoms with Gasteiger partial charge in [-0.15, -0.1) is 0 Å². The lowest BCUT2D eigenvalue weighted by Crippen LogP contribution is -2.67. The predicted octanol–water partition coefficient (Wildman–Crippen LogP) is 3.19. The molecular weight excluding hydrogens is 408 g/mol. The minimum atomic E-state index is -2.70. The Labute approximate surface area is 186 Å². The maximum Gasteiger partial charge on any atom is 0.261 e. The van der Waals surface area contributed by atoms with E-state index in [4.69, 9.17) is 18.6 Å². The zero-order chi connectivity index (χ0) is 22.5.